The summed E-state index contributed by atoms with van der Waals surface area (Å²) in [5.41, 5.74) is 1.61. The van der Waals surface area contributed by atoms with Crippen molar-refractivity contribution >= 4 is 27.5 Å². The average Bonchev–Trinajstić information content (AvgIpc) is 3.14. The molecule has 1 aromatic carbocycles. The van der Waals surface area contributed by atoms with Crippen molar-refractivity contribution in [2.45, 2.75) is 50.5 Å². The lowest BCUT2D eigenvalue weighted by atomic mass is 10.0. The molecule has 0 unspecified atom stereocenters. The lowest BCUT2D eigenvalue weighted by Crippen LogP contribution is -2.45. The van der Waals surface area contributed by atoms with Gasteiger partial charge in [-0.3, -0.25) is 9.59 Å². The Hall–Kier alpha value is -1.93. The molecule has 0 aliphatic carbocycles. The van der Waals surface area contributed by atoms with Crippen LogP contribution in [0.5, 0.6) is 0 Å². The highest BCUT2D eigenvalue weighted by molar-refractivity contribution is 7.89. The summed E-state index contributed by atoms with van der Waals surface area (Å²) in [5, 5.41) is 0. The number of nitrogens with zero attached hydrogens (tertiary/aromatic N) is 2. The number of hydrogen-bond donors (Lipinski definition) is 1. The van der Waals surface area contributed by atoms with E-state index in [0.29, 0.717) is 19.6 Å². The number of nitrogens with one attached hydrogen (secondary N) is 1. The molecule has 142 valence electrons. The summed E-state index contributed by atoms with van der Waals surface area (Å²) < 4.78 is 27.9. The van der Waals surface area contributed by atoms with E-state index in [-0.39, 0.29) is 16.7 Å². The van der Waals surface area contributed by atoms with E-state index < -0.39 is 16.1 Å². The van der Waals surface area contributed by atoms with Crippen molar-refractivity contribution in [2.75, 3.05) is 24.5 Å². The maximum absolute atomic E-state index is 12.7. The third-order valence-electron chi connectivity index (χ3n) is 4.98. The van der Waals surface area contributed by atoms with E-state index in [9.17, 15) is 18.0 Å². The molecule has 2 heterocycles. The second-order valence-corrected chi connectivity index (χ2v) is 8.65. The molecule has 2 aliphatic heterocycles. The van der Waals surface area contributed by atoms with Crippen molar-refractivity contribution in [1.29, 1.82) is 0 Å². The first-order chi connectivity index (χ1) is 12.3. The average molecular weight is 379 g/mol. The number of hydrogen-bond acceptors (Lipinski definition) is 4. The quantitative estimate of drug-likeness (QED) is 0.854. The Kier molecular flexibility index (Phi) is 5.34. The van der Waals surface area contributed by atoms with Gasteiger partial charge in [-0.15, -0.1) is 0 Å². The van der Waals surface area contributed by atoms with Gasteiger partial charge in [-0.05, 0) is 56.4 Å². The van der Waals surface area contributed by atoms with E-state index in [2.05, 4.69) is 4.72 Å². The van der Waals surface area contributed by atoms with Gasteiger partial charge < -0.3 is 9.80 Å². The fourth-order valence-electron chi connectivity index (χ4n) is 3.63. The Morgan fingerprint density at radius 3 is 2.46 bits per heavy atom. The normalized spacial score (nSPS) is 18.5. The molecule has 0 aromatic heterocycles. The van der Waals surface area contributed by atoms with Crippen LogP contribution in [0.15, 0.2) is 23.1 Å². The molecular formula is C18H25N3O4S. The highest BCUT2D eigenvalue weighted by Gasteiger charge is 2.28. The van der Waals surface area contributed by atoms with Crippen molar-refractivity contribution in [2.24, 2.45) is 0 Å². The minimum absolute atomic E-state index is 0.0514. The fraction of sp³-hybridized carbons (Fsp3) is 0.556. The topological polar surface area (TPSA) is 86.8 Å². The second kappa shape index (κ2) is 7.36. The molecular weight excluding hydrogens is 354 g/mol. The minimum atomic E-state index is -3.81. The number of fused-ring (bicyclic) bond motifs is 1. The third kappa shape index (κ3) is 3.76. The maximum Gasteiger partial charge on any atom is 0.241 e. The molecule has 3 rings (SSSR count). The molecule has 26 heavy (non-hydrogen) atoms. The second-order valence-electron chi connectivity index (χ2n) is 6.94. The predicted octanol–water partition coefficient (Wildman–Crippen LogP) is 1.27. The molecule has 0 spiro atoms. The van der Waals surface area contributed by atoms with Crippen molar-refractivity contribution in [3.8, 4) is 0 Å². The van der Waals surface area contributed by atoms with E-state index in [0.717, 1.165) is 36.9 Å². The monoisotopic (exact) mass is 379 g/mol. The summed E-state index contributed by atoms with van der Waals surface area (Å²) in [7, 11) is -3.81. The van der Waals surface area contributed by atoms with Gasteiger partial charge in [0, 0.05) is 32.2 Å². The first-order valence-corrected chi connectivity index (χ1v) is 10.5. The van der Waals surface area contributed by atoms with Crippen LogP contribution >= 0.6 is 0 Å². The molecule has 0 bridgehead atoms. The van der Waals surface area contributed by atoms with Crippen LogP contribution in [0.1, 0.15) is 38.7 Å². The van der Waals surface area contributed by atoms with Gasteiger partial charge in [0.05, 0.1) is 10.9 Å². The van der Waals surface area contributed by atoms with Gasteiger partial charge in [0.15, 0.2) is 0 Å². The van der Waals surface area contributed by atoms with Crippen LogP contribution < -0.4 is 9.62 Å². The number of anilines is 1. The summed E-state index contributed by atoms with van der Waals surface area (Å²) in [6, 6.07) is 3.98. The fourth-order valence-corrected chi connectivity index (χ4v) is 4.88. The number of carbonyl (C=O) groups excluding carboxylic acids is 2. The third-order valence-corrected chi connectivity index (χ3v) is 6.52. The van der Waals surface area contributed by atoms with Gasteiger partial charge in [-0.25, -0.2) is 8.42 Å². The Balaban J connectivity index is 1.79. The van der Waals surface area contributed by atoms with E-state index >= 15 is 0 Å². The van der Waals surface area contributed by atoms with Crippen molar-refractivity contribution in [3.05, 3.63) is 23.8 Å². The zero-order valence-corrected chi connectivity index (χ0v) is 16.0. The largest absolute Gasteiger partial charge is 0.341 e. The SMILES string of the molecule is CC(=O)N1CCCc2cc(S(=O)(=O)N[C@@H](C)C(=O)N3CCCC3)ccc21. The first-order valence-electron chi connectivity index (χ1n) is 9.02. The summed E-state index contributed by atoms with van der Waals surface area (Å²) in [6.45, 7) is 5.10. The number of carbonyl (C=O) groups is 2. The zero-order valence-electron chi connectivity index (χ0n) is 15.2. The van der Waals surface area contributed by atoms with E-state index in [1.54, 1.807) is 28.9 Å². The zero-order chi connectivity index (χ0) is 18.9. The molecule has 2 amide bonds. The van der Waals surface area contributed by atoms with Crippen LogP contribution in [0.25, 0.3) is 0 Å². The van der Waals surface area contributed by atoms with E-state index in [4.69, 9.17) is 0 Å². The summed E-state index contributed by atoms with van der Waals surface area (Å²) in [6.07, 6.45) is 3.45. The van der Waals surface area contributed by atoms with Gasteiger partial charge in [0.25, 0.3) is 0 Å². The predicted molar refractivity (Wildman–Crippen MR) is 98.4 cm³/mol. The van der Waals surface area contributed by atoms with E-state index in [1.165, 1.54) is 13.0 Å². The van der Waals surface area contributed by atoms with Crippen LogP contribution in [0, 0.1) is 0 Å². The number of sulfonamides is 1. The molecule has 0 radical (unpaired) electrons. The van der Waals surface area contributed by atoms with Gasteiger partial charge in [0.1, 0.15) is 0 Å². The minimum Gasteiger partial charge on any atom is -0.341 e. The summed E-state index contributed by atoms with van der Waals surface area (Å²) >= 11 is 0. The Labute approximate surface area is 154 Å². The van der Waals surface area contributed by atoms with Crippen LogP contribution in [0.3, 0.4) is 0 Å². The smallest absolute Gasteiger partial charge is 0.241 e. The summed E-state index contributed by atoms with van der Waals surface area (Å²) in [5.74, 6) is -0.240. The molecule has 1 fully saturated rings. The Morgan fingerprint density at radius 1 is 1.12 bits per heavy atom. The lowest BCUT2D eigenvalue weighted by molar-refractivity contribution is -0.131. The Morgan fingerprint density at radius 2 is 1.81 bits per heavy atom. The van der Waals surface area contributed by atoms with Gasteiger partial charge in [0.2, 0.25) is 21.8 Å². The van der Waals surface area contributed by atoms with Crippen LogP contribution in [-0.2, 0) is 26.0 Å². The standard InChI is InChI=1S/C18H25N3O4S/c1-13(18(23)20-9-3-4-10-20)19-26(24,25)16-7-8-17-15(12-16)6-5-11-21(17)14(2)22/h7-8,12-13,19H,3-6,9-11H2,1-2H3/t13-/m0/s1. The number of rotatable bonds is 4. The van der Waals surface area contributed by atoms with E-state index in [1.807, 2.05) is 0 Å². The highest BCUT2D eigenvalue weighted by atomic mass is 32.2. The van der Waals surface area contributed by atoms with Crippen molar-refractivity contribution in [3.63, 3.8) is 0 Å². The Bertz CT molecular complexity index is 816. The number of amides is 2. The number of likely N-dealkylation sites (tertiary alicyclic amines) is 1. The lowest BCUT2D eigenvalue weighted by Gasteiger charge is -2.29. The maximum atomic E-state index is 12.7. The molecule has 1 atom stereocenters. The molecule has 1 saturated heterocycles. The van der Waals surface area contributed by atoms with Crippen LogP contribution in [-0.4, -0.2) is 50.8 Å². The molecule has 0 saturated carbocycles. The first kappa shape index (κ1) is 18.8. The molecule has 8 heteroatoms. The summed E-state index contributed by atoms with van der Waals surface area (Å²) in [4.78, 5) is 27.6. The molecule has 1 N–H and O–H groups in total. The number of benzene rings is 1. The van der Waals surface area contributed by atoms with Gasteiger partial charge in [-0.1, -0.05) is 0 Å². The van der Waals surface area contributed by atoms with Gasteiger partial charge in [-0.2, -0.15) is 4.72 Å². The van der Waals surface area contributed by atoms with Crippen molar-refractivity contribution in [1.82, 2.24) is 9.62 Å². The van der Waals surface area contributed by atoms with Crippen LogP contribution in [0.4, 0.5) is 5.69 Å². The van der Waals surface area contributed by atoms with Gasteiger partial charge >= 0.3 is 0 Å². The van der Waals surface area contributed by atoms with Crippen molar-refractivity contribution < 1.29 is 18.0 Å². The number of aryl methyl sites for hydroxylation is 1. The molecule has 2 aliphatic rings. The molecule has 7 nitrogen and oxygen atoms in total. The molecule has 1 aromatic rings. The highest BCUT2D eigenvalue weighted by Crippen LogP contribution is 2.29. The van der Waals surface area contributed by atoms with Crippen LogP contribution in [0.2, 0.25) is 0 Å².